The second-order valence-corrected chi connectivity index (χ2v) is 4.77. The number of hydrogen-bond acceptors (Lipinski definition) is 6. The Morgan fingerprint density at radius 1 is 1.36 bits per heavy atom. The average Bonchev–Trinajstić information content (AvgIpc) is 2.55. The fourth-order valence-electron chi connectivity index (χ4n) is 1.86. The number of aliphatic hydroxyl groups excluding tert-OH is 1. The number of hydrogen-bond donors (Lipinski definition) is 2. The standard InChI is InChI=1S/C16H19N3O3/c1-3-22-16(21)13-9-17-14(12-7-5-4-6-8-12)19-15(13)18-11(2)10-20/h4-9,11,20H,3,10H2,1-2H3,(H,17,18,19). The Morgan fingerprint density at radius 2 is 2.09 bits per heavy atom. The number of carbonyl (C=O) groups is 1. The van der Waals surface area contributed by atoms with Gasteiger partial charge in [-0.2, -0.15) is 0 Å². The molecular formula is C16H19N3O3. The normalized spacial score (nSPS) is 11.8. The first-order chi connectivity index (χ1) is 10.7. The smallest absolute Gasteiger partial charge is 0.343 e. The first kappa shape index (κ1) is 15.9. The van der Waals surface area contributed by atoms with Crippen molar-refractivity contribution in [1.29, 1.82) is 0 Å². The van der Waals surface area contributed by atoms with Crippen LogP contribution in [0.15, 0.2) is 36.5 Å². The van der Waals surface area contributed by atoms with Crippen LogP contribution in [0.4, 0.5) is 5.82 Å². The van der Waals surface area contributed by atoms with Crippen LogP contribution >= 0.6 is 0 Å². The van der Waals surface area contributed by atoms with E-state index in [1.807, 2.05) is 30.3 Å². The molecule has 0 bridgehead atoms. The van der Waals surface area contributed by atoms with Gasteiger partial charge in [0.15, 0.2) is 5.82 Å². The summed E-state index contributed by atoms with van der Waals surface area (Å²) in [6.07, 6.45) is 1.44. The quantitative estimate of drug-likeness (QED) is 0.795. The highest BCUT2D eigenvalue weighted by Crippen LogP contribution is 2.20. The molecule has 2 aromatic rings. The molecule has 0 aliphatic carbocycles. The van der Waals surface area contributed by atoms with E-state index in [4.69, 9.17) is 4.74 Å². The summed E-state index contributed by atoms with van der Waals surface area (Å²) in [5.74, 6) is 0.366. The van der Waals surface area contributed by atoms with Crippen LogP contribution in [-0.2, 0) is 4.74 Å². The van der Waals surface area contributed by atoms with Crippen molar-refractivity contribution in [2.75, 3.05) is 18.5 Å². The van der Waals surface area contributed by atoms with Gasteiger partial charge >= 0.3 is 5.97 Å². The van der Waals surface area contributed by atoms with Gasteiger partial charge in [0.05, 0.1) is 13.2 Å². The van der Waals surface area contributed by atoms with Crippen molar-refractivity contribution < 1.29 is 14.6 Å². The second kappa shape index (κ2) is 7.51. The van der Waals surface area contributed by atoms with Crippen LogP contribution in [0, 0.1) is 0 Å². The first-order valence-electron chi connectivity index (χ1n) is 7.12. The third-order valence-corrected chi connectivity index (χ3v) is 2.97. The topological polar surface area (TPSA) is 84.3 Å². The van der Waals surface area contributed by atoms with Gasteiger partial charge in [-0.25, -0.2) is 14.8 Å². The predicted molar refractivity (Wildman–Crippen MR) is 83.6 cm³/mol. The highest BCUT2D eigenvalue weighted by Gasteiger charge is 2.17. The zero-order valence-electron chi connectivity index (χ0n) is 12.6. The Bertz CT molecular complexity index is 632. The van der Waals surface area contributed by atoms with E-state index in [-0.39, 0.29) is 24.8 Å². The summed E-state index contributed by atoms with van der Waals surface area (Å²) in [5.41, 5.74) is 1.10. The third-order valence-electron chi connectivity index (χ3n) is 2.97. The maximum Gasteiger partial charge on any atom is 0.343 e. The number of aromatic nitrogens is 2. The molecule has 0 radical (unpaired) electrons. The Labute approximate surface area is 129 Å². The molecule has 22 heavy (non-hydrogen) atoms. The summed E-state index contributed by atoms with van der Waals surface area (Å²) in [5, 5.41) is 12.2. The fraction of sp³-hybridized carbons (Fsp3) is 0.312. The number of carbonyl (C=O) groups excluding carboxylic acids is 1. The number of nitrogens with zero attached hydrogens (tertiary/aromatic N) is 2. The molecule has 0 saturated heterocycles. The lowest BCUT2D eigenvalue weighted by atomic mass is 10.2. The molecule has 2 rings (SSSR count). The van der Waals surface area contributed by atoms with Crippen LogP contribution in [0.2, 0.25) is 0 Å². The molecule has 6 nitrogen and oxygen atoms in total. The molecule has 116 valence electrons. The Morgan fingerprint density at radius 3 is 2.73 bits per heavy atom. The van der Waals surface area contributed by atoms with Gasteiger partial charge in [0.2, 0.25) is 0 Å². The van der Waals surface area contributed by atoms with Crippen LogP contribution < -0.4 is 5.32 Å². The van der Waals surface area contributed by atoms with E-state index >= 15 is 0 Å². The SMILES string of the molecule is CCOC(=O)c1cnc(-c2ccccc2)nc1NC(C)CO. The van der Waals surface area contributed by atoms with Crippen LogP contribution in [0.1, 0.15) is 24.2 Å². The average molecular weight is 301 g/mol. The van der Waals surface area contributed by atoms with E-state index in [1.54, 1.807) is 13.8 Å². The highest BCUT2D eigenvalue weighted by molar-refractivity contribution is 5.94. The molecule has 0 aliphatic rings. The summed E-state index contributed by atoms with van der Waals surface area (Å²) in [6.45, 7) is 3.72. The van der Waals surface area contributed by atoms with Crippen molar-refractivity contribution in [3.8, 4) is 11.4 Å². The highest BCUT2D eigenvalue weighted by atomic mass is 16.5. The van der Waals surface area contributed by atoms with Gasteiger partial charge in [-0.05, 0) is 13.8 Å². The van der Waals surface area contributed by atoms with Crippen molar-refractivity contribution >= 4 is 11.8 Å². The molecule has 6 heteroatoms. The summed E-state index contributed by atoms with van der Waals surface area (Å²) in [7, 11) is 0. The lowest BCUT2D eigenvalue weighted by molar-refractivity contribution is 0.0526. The van der Waals surface area contributed by atoms with Gasteiger partial charge in [0, 0.05) is 17.8 Å². The number of ether oxygens (including phenoxy) is 1. The zero-order valence-corrected chi connectivity index (χ0v) is 12.6. The zero-order chi connectivity index (χ0) is 15.9. The molecule has 0 amide bonds. The van der Waals surface area contributed by atoms with Gasteiger partial charge < -0.3 is 15.2 Å². The maximum atomic E-state index is 12.0. The first-order valence-corrected chi connectivity index (χ1v) is 7.12. The molecule has 0 fully saturated rings. The van der Waals surface area contributed by atoms with Gasteiger partial charge in [-0.3, -0.25) is 0 Å². The number of benzene rings is 1. The van der Waals surface area contributed by atoms with E-state index in [2.05, 4.69) is 15.3 Å². The summed E-state index contributed by atoms with van der Waals surface area (Å²) >= 11 is 0. The molecule has 0 saturated carbocycles. The van der Waals surface area contributed by atoms with Crippen molar-refractivity contribution in [2.45, 2.75) is 19.9 Å². The molecular weight excluding hydrogens is 282 g/mol. The maximum absolute atomic E-state index is 12.0. The number of anilines is 1. The van der Waals surface area contributed by atoms with Crippen molar-refractivity contribution in [2.24, 2.45) is 0 Å². The summed E-state index contributed by atoms with van der Waals surface area (Å²) in [6, 6.07) is 9.22. The minimum atomic E-state index is -0.491. The molecule has 2 N–H and O–H groups in total. The van der Waals surface area contributed by atoms with Gasteiger partial charge in [0.25, 0.3) is 0 Å². The molecule has 0 spiro atoms. The largest absolute Gasteiger partial charge is 0.462 e. The van der Waals surface area contributed by atoms with E-state index in [0.717, 1.165) is 5.56 Å². The Kier molecular flexibility index (Phi) is 5.43. The summed E-state index contributed by atoms with van der Waals surface area (Å²) < 4.78 is 5.01. The monoisotopic (exact) mass is 301 g/mol. The molecule has 1 unspecified atom stereocenters. The Hall–Kier alpha value is -2.47. The number of esters is 1. The van der Waals surface area contributed by atoms with Crippen LogP contribution in [-0.4, -0.2) is 40.3 Å². The van der Waals surface area contributed by atoms with Gasteiger partial charge in [0.1, 0.15) is 11.4 Å². The van der Waals surface area contributed by atoms with Crippen LogP contribution in [0.3, 0.4) is 0 Å². The minimum absolute atomic E-state index is 0.0764. The predicted octanol–water partition coefficient (Wildman–Crippen LogP) is 2.11. The summed E-state index contributed by atoms with van der Waals surface area (Å²) in [4.78, 5) is 20.6. The lowest BCUT2D eigenvalue weighted by Crippen LogP contribution is -2.23. The second-order valence-electron chi connectivity index (χ2n) is 4.77. The van der Waals surface area contributed by atoms with Crippen LogP contribution in [0.25, 0.3) is 11.4 Å². The van der Waals surface area contributed by atoms with Gasteiger partial charge in [-0.15, -0.1) is 0 Å². The number of aliphatic hydroxyl groups is 1. The van der Waals surface area contributed by atoms with Crippen LogP contribution in [0.5, 0.6) is 0 Å². The van der Waals surface area contributed by atoms with E-state index in [9.17, 15) is 9.90 Å². The van der Waals surface area contributed by atoms with E-state index < -0.39 is 5.97 Å². The Balaban J connectivity index is 2.40. The van der Waals surface area contributed by atoms with E-state index in [0.29, 0.717) is 11.6 Å². The van der Waals surface area contributed by atoms with Crippen molar-refractivity contribution in [3.05, 3.63) is 42.1 Å². The van der Waals surface area contributed by atoms with Gasteiger partial charge in [-0.1, -0.05) is 30.3 Å². The molecule has 1 aromatic carbocycles. The number of nitrogens with one attached hydrogen (secondary N) is 1. The molecule has 1 heterocycles. The molecule has 0 aliphatic heterocycles. The molecule has 1 atom stereocenters. The lowest BCUT2D eigenvalue weighted by Gasteiger charge is -2.15. The fourth-order valence-corrected chi connectivity index (χ4v) is 1.86. The van der Waals surface area contributed by atoms with E-state index in [1.165, 1.54) is 6.20 Å². The van der Waals surface area contributed by atoms with Crippen molar-refractivity contribution in [3.63, 3.8) is 0 Å². The minimum Gasteiger partial charge on any atom is -0.462 e. The third kappa shape index (κ3) is 3.79. The number of rotatable bonds is 6. The molecule has 1 aromatic heterocycles. The van der Waals surface area contributed by atoms with Crippen molar-refractivity contribution in [1.82, 2.24) is 9.97 Å².